The first-order valence-corrected chi connectivity index (χ1v) is 9.14. The highest BCUT2D eigenvalue weighted by atomic mass is 32.2. The van der Waals surface area contributed by atoms with Crippen LogP contribution in [-0.4, -0.2) is 28.5 Å². The van der Waals surface area contributed by atoms with Crippen molar-refractivity contribution in [2.45, 2.75) is 44.6 Å². The van der Waals surface area contributed by atoms with Crippen molar-refractivity contribution < 1.29 is 4.79 Å². The van der Waals surface area contributed by atoms with Crippen molar-refractivity contribution in [2.24, 2.45) is 0 Å². The predicted molar refractivity (Wildman–Crippen MR) is 96.0 cm³/mol. The molecule has 4 nitrogen and oxygen atoms in total. The Kier molecular flexibility index (Phi) is 6.28. The van der Waals surface area contributed by atoms with Crippen LogP contribution in [0.15, 0.2) is 35.2 Å². The number of hydrogen-bond donors (Lipinski definition) is 1. The van der Waals surface area contributed by atoms with Crippen LogP contribution in [0.3, 0.4) is 0 Å². The van der Waals surface area contributed by atoms with E-state index in [4.69, 9.17) is 0 Å². The Morgan fingerprint density at radius 1 is 1.30 bits per heavy atom. The van der Waals surface area contributed by atoms with Crippen molar-refractivity contribution in [3.63, 3.8) is 0 Å². The van der Waals surface area contributed by atoms with Crippen LogP contribution in [0, 0.1) is 13.8 Å². The fourth-order valence-corrected chi connectivity index (χ4v) is 3.07. The molecule has 1 amide bonds. The molecule has 0 fully saturated rings. The lowest BCUT2D eigenvalue weighted by molar-refractivity contribution is -0.121. The maximum absolute atomic E-state index is 12.1. The molecule has 1 heterocycles. The molecule has 0 spiro atoms. The highest BCUT2D eigenvalue weighted by Gasteiger charge is 2.13. The Balaban J connectivity index is 1.77. The zero-order chi connectivity index (χ0) is 16.8. The molecule has 0 aliphatic heterocycles. The van der Waals surface area contributed by atoms with Crippen molar-refractivity contribution >= 4 is 17.7 Å². The molecule has 0 unspecified atom stereocenters. The largest absolute Gasteiger partial charge is 0.356 e. The number of carbonyl (C=O) groups is 1. The third kappa shape index (κ3) is 5.13. The third-order valence-electron chi connectivity index (χ3n) is 3.84. The average molecular weight is 331 g/mol. The molecule has 0 aliphatic rings. The van der Waals surface area contributed by atoms with Gasteiger partial charge in [-0.15, -0.1) is 11.8 Å². The highest BCUT2D eigenvalue weighted by Crippen LogP contribution is 2.15. The van der Waals surface area contributed by atoms with Crippen molar-refractivity contribution in [3.8, 4) is 0 Å². The van der Waals surface area contributed by atoms with Crippen LogP contribution in [0.25, 0.3) is 0 Å². The second-order valence-electron chi connectivity index (χ2n) is 5.87. The highest BCUT2D eigenvalue weighted by molar-refractivity contribution is 7.98. The summed E-state index contributed by atoms with van der Waals surface area (Å²) in [5.74, 6) is 0.0748. The topological polar surface area (TPSA) is 46.9 Å². The summed E-state index contributed by atoms with van der Waals surface area (Å²) in [6, 6.07) is 10.6. The summed E-state index contributed by atoms with van der Waals surface area (Å²) >= 11 is 1.74. The molecule has 0 aliphatic carbocycles. The lowest BCUT2D eigenvalue weighted by atomic mass is 10.1. The van der Waals surface area contributed by atoms with Gasteiger partial charge in [0.15, 0.2) is 0 Å². The normalized spacial score (nSPS) is 12.2. The fourth-order valence-electron chi connectivity index (χ4n) is 2.66. The monoisotopic (exact) mass is 331 g/mol. The van der Waals surface area contributed by atoms with Gasteiger partial charge in [-0.1, -0.05) is 12.1 Å². The molecule has 1 aromatic carbocycles. The molecule has 1 N–H and O–H groups in total. The lowest BCUT2D eigenvalue weighted by Crippen LogP contribution is -2.28. The molecule has 1 atom stereocenters. The van der Waals surface area contributed by atoms with E-state index >= 15 is 0 Å². The number of hydrogen-bond acceptors (Lipinski definition) is 3. The second-order valence-corrected chi connectivity index (χ2v) is 6.75. The third-order valence-corrected chi connectivity index (χ3v) is 4.58. The van der Waals surface area contributed by atoms with Gasteiger partial charge in [-0.2, -0.15) is 5.10 Å². The van der Waals surface area contributed by atoms with Crippen LogP contribution < -0.4 is 5.32 Å². The Labute approximate surface area is 142 Å². The van der Waals surface area contributed by atoms with E-state index in [0.29, 0.717) is 13.0 Å². The molecule has 0 saturated heterocycles. The molecule has 0 saturated carbocycles. The number of thioether (sulfide) groups is 1. The molecule has 1 aromatic heterocycles. The minimum atomic E-state index is 0.0737. The van der Waals surface area contributed by atoms with Crippen LogP contribution in [-0.2, 0) is 11.2 Å². The Morgan fingerprint density at radius 2 is 2.00 bits per heavy atom. The first-order chi connectivity index (χ1) is 11.0. The van der Waals surface area contributed by atoms with E-state index in [1.54, 1.807) is 11.8 Å². The van der Waals surface area contributed by atoms with Crippen molar-refractivity contribution in [1.82, 2.24) is 15.1 Å². The molecule has 0 radical (unpaired) electrons. The van der Waals surface area contributed by atoms with E-state index in [2.05, 4.69) is 40.9 Å². The van der Waals surface area contributed by atoms with E-state index in [1.807, 2.05) is 31.5 Å². The summed E-state index contributed by atoms with van der Waals surface area (Å²) in [4.78, 5) is 13.3. The summed E-state index contributed by atoms with van der Waals surface area (Å²) in [5.41, 5.74) is 3.33. The Hall–Kier alpha value is -1.75. The number of carbonyl (C=O) groups excluding carboxylic acids is 1. The standard InChI is InChI=1S/C18H25N3OS/c1-13-11-14(2)21(20-13)15(3)12-18(22)19-10-9-16-5-7-17(23-4)8-6-16/h5-8,11,15H,9-10,12H2,1-4H3,(H,19,22)/t15-/m1/s1. The minimum Gasteiger partial charge on any atom is -0.356 e. The number of benzene rings is 1. The number of aromatic nitrogens is 2. The van der Waals surface area contributed by atoms with Crippen LogP contribution in [0.1, 0.15) is 36.3 Å². The molecular formula is C18H25N3OS. The van der Waals surface area contributed by atoms with E-state index in [1.165, 1.54) is 10.5 Å². The Bertz CT molecular complexity index is 649. The number of rotatable bonds is 7. The van der Waals surface area contributed by atoms with Crippen molar-refractivity contribution in [3.05, 3.63) is 47.3 Å². The molecule has 2 rings (SSSR count). The van der Waals surface area contributed by atoms with E-state index in [-0.39, 0.29) is 11.9 Å². The van der Waals surface area contributed by atoms with Gasteiger partial charge in [-0.25, -0.2) is 0 Å². The van der Waals surface area contributed by atoms with Gasteiger partial charge < -0.3 is 5.32 Å². The zero-order valence-corrected chi connectivity index (χ0v) is 15.1. The maximum Gasteiger partial charge on any atom is 0.222 e. The van der Waals surface area contributed by atoms with E-state index < -0.39 is 0 Å². The zero-order valence-electron chi connectivity index (χ0n) is 14.3. The predicted octanol–water partition coefficient (Wildman–Crippen LogP) is 3.53. The van der Waals surface area contributed by atoms with Crippen LogP contribution >= 0.6 is 11.8 Å². The van der Waals surface area contributed by atoms with Crippen LogP contribution in [0.5, 0.6) is 0 Å². The molecule has 124 valence electrons. The molecule has 0 bridgehead atoms. The number of nitrogens with one attached hydrogen (secondary N) is 1. The molecule has 5 heteroatoms. The van der Waals surface area contributed by atoms with E-state index in [9.17, 15) is 4.79 Å². The first kappa shape index (κ1) is 17.6. The summed E-state index contributed by atoms with van der Waals surface area (Å²) in [5, 5.41) is 7.44. The summed E-state index contributed by atoms with van der Waals surface area (Å²) in [6.07, 6.45) is 3.38. The second kappa shape index (κ2) is 8.20. The van der Waals surface area contributed by atoms with Gasteiger partial charge in [0, 0.05) is 23.6 Å². The van der Waals surface area contributed by atoms with Gasteiger partial charge in [0.25, 0.3) is 0 Å². The molecule has 23 heavy (non-hydrogen) atoms. The van der Waals surface area contributed by atoms with Crippen molar-refractivity contribution in [1.29, 1.82) is 0 Å². The Morgan fingerprint density at radius 3 is 2.57 bits per heavy atom. The van der Waals surface area contributed by atoms with Crippen molar-refractivity contribution in [2.75, 3.05) is 12.8 Å². The minimum absolute atomic E-state index is 0.0737. The molecule has 2 aromatic rings. The molecular weight excluding hydrogens is 306 g/mol. The fraction of sp³-hybridized carbons (Fsp3) is 0.444. The maximum atomic E-state index is 12.1. The number of nitrogens with zero attached hydrogens (tertiary/aromatic N) is 2. The number of aryl methyl sites for hydroxylation is 2. The summed E-state index contributed by atoms with van der Waals surface area (Å²) in [6.45, 7) is 6.69. The SMILES string of the molecule is CSc1ccc(CCNC(=O)C[C@@H](C)n2nc(C)cc2C)cc1. The van der Waals surface area contributed by atoms with Crippen LogP contribution in [0.2, 0.25) is 0 Å². The first-order valence-electron chi connectivity index (χ1n) is 7.92. The lowest BCUT2D eigenvalue weighted by Gasteiger charge is -2.14. The van der Waals surface area contributed by atoms with Gasteiger partial charge in [0.1, 0.15) is 0 Å². The van der Waals surface area contributed by atoms with Gasteiger partial charge >= 0.3 is 0 Å². The number of amides is 1. The van der Waals surface area contributed by atoms with Crippen LogP contribution in [0.4, 0.5) is 0 Å². The van der Waals surface area contributed by atoms with Gasteiger partial charge in [0.05, 0.1) is 11.7 Å². The van der Waals surface area contributed by atoms with Gasteiger partial charge in [-0.3, -0.25) is 9.48 Å². The smallest absolute Gasteiger partial charge is 0.222 e. The van der Waals surface area contributed by atoms with Gasteiger partial charge in [-0.05, 0) is 57.2 Å². The van der Waals surface area contributed by atoms with Gasteiger partial charge in [0.2, 0.25) is 5.91 Å². The average Bonchev–Trinajstić information content (AvgIpc) is 2.86. The summed E-state index contributed by atoms with van der Waals surface area (Å²) < 4.78 is 1.93. The quantitative estimate of drug-likeness (QED) is 0.790. The summed E-state index contributed by atoms with van der Waals surface area (Å²) in [7, 11) is 0. The van der Waals surface area contributed by atoms with E-state index in [0.717, 1.165) is 17.8 Å².